The Morgan fingerprint density at radius 2 is 1.72 bits per heavy atom. The highest BCUT2D eigenvalue weighted by Crippen LogP contribution is 2.13. The standard InChI is InChI=1S/C16H27NO/c1-3-15-8-10-16(11-9-15)14(2)17-12-6-4-5-7-13-18/h8-11,14,17-18H,3-7,12-13H2,1-2H3. The third kappa shape index (κ3) is 5.65. The molecule has 0 aliphatic carbocycles. The van der Waals surface area contributed by atoms with E-state index in [1.54, 1.807) is 0 Å². The molecule has 0 saturated carbocycles. The van der Waals surface area contributed by atoms with E-state index in [-0.39, 0.29) is 0 Å². The van der Waals surface area contributed by atoms with Gasteiger partial charge in [-0.25, -0.2) is 0 Å². The number of aliphatic hydroxyl groups excluding tert-OH is 1. The summed E-state index contributed by atoms with van der Waals surface area (Å²) >= 11 is 0. The smallest absolute Gasteiger partial charge is 0.0431 e. The second-order valence-electron chi connectivity index (χ2n) is 4.91. The van der Waals surface area contributed by atoms with E-state index in [0.717, 1.165) is 25.8 Å². The van der Waals surface area contributed by atoms with E-state index in [0.29, 0.717) is 12.6 Å². The molecule has 18 heavy (non-hydrogen) atoms. The van der Waals surface area contributed by atoms with Crippen LogP contribution in [0.1, 0.15) is 56.7 Å². The number of aliphatic hydroxyl groups is 1. The molecule has 0 aliphatic heterocycles. The van der Waals surface area contributed by atoms with Gasteiger partial charge in [-0.05, 0) is 43.9 Å². The van der Waals surface area contributed by atoms with Crippen molar-refractivity contribution >= 4 is 0 Å². The zero-order chi connectivity index (χ0) is 13.2. The summed E-state index contributed by atoms with van der Waals surface area (Å²) in [4.78, 5) is 0. The molecule has 1 atom stereocenters. The molecule has 0 aliphatic rings. The van der Waals surface area contributed by atoms with E-state index < -0.39 is 0 Å². The predicted octanol–water partition coefficient (Wildman–Crippen LogP) is 3.45. The van der Waals surface area contributed by atoms with Gasteiger partial charge in [-0.3, -0.25) is 0 Å². The van der Waals surface area contributed by atoms with Gasteiger partial charge in [-0.1, -0.05) is 44.0 Å². The van der Waals surface area contributed by atoms with E-state index in [2.05, 4.69) is 43.4 Å². The largest absolute Gasteiger partial charge is 0.396 e. The number of hydrogen-bond acceptors (Lipinski definition) is 2. The van der Waals surface area contributed by atoms with Gasteiger partial charge in [0.1, 0.15) is 0 Å². The first-order valence-corrected chi connectivity index (χ1v) is 7.21. The third-order valence-electron chi connectivity index (χ3n) is 3.42. The van der Waals surface area contributed by atoms with Crippen molar-refractivity contribution in [3.63, 3.8) is 0 Å². The number of unbranched alkanes of at least 4 members (excludes halogenated alkanes) is 3. The molecule has 0 spiro atoms. The van der Waals surface area contributed by atoms with Crippen LogP contribution in [0.5, 0.6) is 0 Å². The molecule has 0 saturated heterocycles. The molecule has 2 N–H and O–H groups in total. The lowest BCUT2D eigenvalue weighted by Gasteiger charge is -2.14. The maximum Gasteiger partial charge on any atom is 0.0431 e. The quantitative estimate of drug-likeness (QED) is 0.657. The van der Waals surface area contributed by atoms with Crippen LogP contribution in [-0.2, 0) is 6.42 Å². The molecule has 1 aromatic rings. The fourth-order valence-electron chi connectivity index (χ4n) is 2.07. The van der Waals surface area contributed by atoms with Gasteiger partial charge in [-0.15, -0.1) is 0 Å². The molecule has 2 heteroatoms. The van der Waals surface area contributed by atoms with Crippen molar-refractivity contribution in [3.05, 3.63) is 35.4 Å². The Morgan fingerprint density at radius 1 is 1.06 bits per heavy atom. The lowest BCUT2D eigenvalue weighted by atomic mass is 10.0. The molecule has 0 aromatic heterocycles. The van der Waals surface area contributed by atoms with Crippen molar-refractivity contribution in [2.75, 3.05) is 13.2 Å². The molecule has 0 heterocycles. The summed E-state index contributed by atoms with van der Waals surface area (Å²) in [5.74, 6) is 0. The van der Waals surface area contributed by atoms with Gasteiger partial charge < -0.3 is 10.4 Å². The molecule has 1 unspecified atom stereocenters. The maximum absolute atomic E-state index is 8.69. The highest BCUT2D eigenvalue weighted by atomic mass is 16.2. The minimum Gasteiger partial charge on any atom is -0.396 e. The van der Waals surface area contributed by atoms with Gasteiger partial charge in [0.2, 0.25) is 0 Å². The van der Waals surface area contributed by atoms with Crippen molar-refractivity contribution in [1.29, 1.82) is 0 Å². The van der Waals surface area contributed by atoms with Gasteiger partial charge in [0, 0.05) is 12.6 Å². The Labute approximate surface area is 111 Å². The molecule has 0 bridgehead atoms. The van der Waals surface area contributed by atoms with Crippen LogP contribution in [0.3, 0.4) is 0 Å². The van der Waals surface area contributed by atoms with Crippen LogP contribution in [-0.4, -0.2) is 18.3 Å². The molecule has 2 nitrogen and oxygen atoms in total. The van der Waals surface area contributed by atoms with Crippen molar-refractivity contribution < 1.29 is 5.11 Å². The fraction of sp³-hybridized carbons (Fsp3) is 0.625. The number of benzene rings is 1. The molecule has 1 aromatic carbocycles. The van der Waals surface area contributed by atoms with Gasteiger partial charge in [-0.2, -0.15) is 0 Å². The lowest BCUT2D eigenvalue weighted by Crippen LogP contribution is -2.19. The van der Waals surface area contributed by atoms with E-state index >= 15 is 0 Å². The summed E-state index contributed by atoms with van der Waals surface area (Å²) < 4.78 is 0. The van der Waals surface area contributed by atoms with Gasteiger partial charge in [0.15, 0.2) is 0 Å². The first kappa shape index (κ1) is 15.2. The molecule has 0 radical (unpaired) electrons. The molecule has 1 rings (SSSR count). The van der Waals surface area contributed by atoms with Crippen LogP contribution in [0, 0.1) is 0 Å². The van der Waals surface area contributed by atoms with Gasteiger partial charge >= 0.3 is 0 Å². The van der Waals surface area contributed by atoms with Crippen LogP contribution in [0.15, 0.2) is 24.3 Å². The van der Waals surface area contributed by atoms with Gasteiger partial charge in [0.05, 0.1) is 0 Å². The van der Waals surface area contributed by atoms with Crippen molar-refractivity contribution in [2.45, 2.75) is 52.0 Å². The average Bonchev–Trinajstić information content (AvgIpc) is 2.42. The topological polar surface area (TPSA) is 32.3 Å². The Morgan fingerprint density at radius 3 is 2.33 bits per heavy atom. The molecular weight excluding hydrogens is 222 g/mol. The molecule has 102 valence electrons. The van der Waals surface area contributed by atoms with Crippen LogP contribution in [0.2, 0.25) is 0 Å². The first-order chi connectivity index (χ1) is 8.77. The summed E-state index contributed by atoms with van der Waals surface area (Å²) in [6, 6.07) is 9.31. The van der Waals surface area contributed by atoms with E-state index in [1.807, 2.05) is 0 Å². The van der Waals surface area contributed by atoms with Crippen LogP contribution in [0.25, 0.3) is 0 Å². The highest BCUT2D eigenvalue weighted by molar-refractivity contribution is 5.24. The molecule has 0 amide bonds. The van der Waals surface area contributed by atoms with Crippen molar-refractivity contribution in [3.8, 4) is 0 Å². The fourth-order valence-corrected chi connectivity index (χ4v) is 2.07. The summed E-state index contributed by atoms with van der Waals surface area (Å²) in [5.41, 5.74) is 2.76. The second kappa shape index (κ2) is 9.12. The maximum atomic E-state index is 8.69. The zero-order valence-electron chi connectivity index (χ0n) is 11.8. The van der Waals surface area contributed by atoms with E-state index in [1.165, 1.54) is 24.0 Å². The summed E-state index contributed by atoms with van der Waals surface area (Å²) in [6.07, 6.45) is 5.57. The Balaban J connectivity index is 2.21. The van der Waals surface area contributed by atoms with Crippen LogP contribution >= 0.6 is 0 Å². The zero-order valence-corrected chi connectivity index (χ0v) is 11.8. The first-order valence-electron chi connectivity index (χ1n) is 7.21. The van der Waals surface area contributed by atoms with Crippen LogP contribution < -0.4 is 5.32 Å². The monoisotopic (exact) mass is 249 g/mol. The second-order valence-corrected chi connectivity index (χ2v) is 4.91. The van der Waals surface area contributed by atoms with Gasteiger partial charge in [0.25, 0.3) is 0 Å². The van der Waals surface area contributed by atoms with Crippen LogP contribution in [0.4, 0.5) is 0 Å². The Hall–Kier alpha value is -0.860. The third-order valence-corrected chi connectivity index (χ3v) is 3.42. The molecule has 0 fully saturated rings. The average molecular weight is 249 g/mol. The van der Waals surface area contributed by atoms with E-state index in [4.69, 9.17) is 5.11 Å². The summed E-state index contributed by atoms with van der Waals surface area (Å²) in [5, 5.41) is 12.2. The number of aryl methyl sites for hydroxylation is 1. The summed E-state index contributed by atoms with van der Waals surface area (Å²) in [6.45, 7) is 5.79. The van der Waals surface area contributed by atoms with Crippen molar-refractivity contribution in [1.82, 2.24) is 5.32 Å². The number of nitrogens with one attached hydrogen (secondary N) is 1. The SMILES string of the molecule is CCc1ccc(C(C)NCCCCCCO)cc1. The Kier molecular flexibility index (Phi) is 7.70. The molecular formula is C16H27NO. The lowest BCUT2D eigenvalue weighted by molar-refractivity contribution is 0.282. The Bertz CT molecular complexity index is 307. The number of rotatable bonds is 9. The normalized spacial score (nSPS) is 12.6. The van der Waals surface area contributed by atoms with E-state index in [9.17, 15) is 0 Å². The minimum atomic E-state index is 0.327. The predicted molar refractivity (Wildman–Crippen MR) is 77.8 cm³/mol. The summed E-state index contributed by atoms with van der Waals surface area (Å²) in [7, 11) is 0. The number of hydrogen-bond donors (Lipinski definition) is 2. The van der Waals surface area contributed by atoms with Crippen molar-refractivity contribution in [2.24, 2.45) is 0 Å². The minimum absolute atomic E-state index is 0.327. The highest BCUT2D eigenvalue weighted by Gasteiger charge is 2.03.